The Morgan fingerprint density at radius 1 is 1.05 bits per heavy atom. The molecule has 41 heavy (non-hydrogen) atoms. The van der Waals surface area contributed by atoms with Crippen molar-refractivity contribution in [2.75, 3.05) is 27.2 Å². The Morgan fingerprint density at radius 3 is 2.39 bits per heavy atom. The van der Waals surface area contributed by atoms with Gasteiger partial charge in [-0.1, -0.05) is 49.4 Å². The molecule has 1 saturated heterocycles. The molecule has 3 aromatic rings. The van der Waals surface area contributed by atoms with Gasteiger partial charge in [0.05, 0.1) is 5.92 Å². The molecule has 3 atom stereocenters. The number of para-hydroxylation sites is 1. The van der Waals surface area contributed by atoms with Crippen LogP contribution < -0.4 is 5.32 Å². The zero-order valence-corrected chi connectivity index (χ0v) is 25.0. The molecule has 1 spiro atoms. The standard InChI is InChI=1S/C33H42N4O4/c1-21(25-20-34-27-14-10-8-12-23(25)27)28(35-31(40)41-32(2,3)4)30(39)37-17-15-33(16-18-37)19-24(29(38)36(5)6)22-11-7-9-13-26(22)33/h7-14,20-21,24,28,34H,15-19H2,1-6H3,(H,35,40)/t21-,24-,28?/m1/s1. The predicted molar refractivity (Wildman–Crippen MR) is 160 cm³/mol. The van der Waals surface area contributed by atoms with Crippen molar-refractivity contribution >= 4 is 28.8 Å². The van der Waals surface area contributed by atoms with Crippen molar-refractivity contribution in [1.82, 2.24) is 20.1 Å². The SMILES string of the molecule is C[C@H](c1c[nH]c2ccccc12)C(NC(=O)OC(C)(C)C)C(=O)N1CCC2(CC1)C[C@@H](C(=O)N(C)C)c1ccccc12. The monoisotopic (exact) mass is 558 g/mol. The number of amides is 3. The maximum absolute atomic E-state index is 14.2. The predicted octanol–water partition coefficient (Wildman–Crippen LogP) is 5.30. The zero-order valence-electron chi connectivity index (χ0n) is 25.0. The fourth-order valence-electron chi connectivity index (χ4n) is 6.74. The van der Waals surface area contributed by atoms with Gasteiger partial charge in [0.25, 0.3) is 0 Å². The van der Waals surface area contributed by atoms with Gasteiger partial charge >= 0.3 is 6.09 Å². The molecule has 1 fully saturated rings. The van der Waals surface area contributed by atoms with Gasteiger partial charge in [-0.2, -0.15) is 0 Å². The van der Waals surface area contributed by atoms with Crippen molar-refractivity contribution in [2.45, 2.75) is 75.9 Å². The van der Waals surface area contributed by atoms with Crippen molar-refractivity contribution in [3.8, 4) is 0 Å². The van der Waals surface area contributed by atoms with Gasteiger partial charge in [0.2, 0.25) is 11.8 Å². The number of ether oxygens (including phenoxy) is 1. The molecule has 8 nitrogen and oxygen atoms in total. The smallest absolute Gasteiger partial charge is 0.408 e. The molecule has 0 radical (unpaired) electrons. The van der Waals surface area contributed by atoms with Gasteiger partial charge in [0.15, 0.2) is 0 Å². The third kappa shape index (κ3) is 5.56. The number of hydrogen-bond acceptors (Lipinski definition) is 4. The minimum Gasteiger partial charge on any atom is -0.444 e. The topological polar surface area (TPSA) is 94.7 Å². The summed E-state index contributed by atoms with van der Waals surface area (Å²) in [5, 5.41) is 3.95. The van der Waals surface area contributed by atoms with Crippen LogP contribution in [0.2, 0.25) is 0 Å². The summed E-state index contributed by atoms with van der Waals surface area (Å²) in [7, 11) is 3.62. The van der Waals surface area contributed by atoms with Crippen molar-refractivity contribution < 1.29 is 19.1 Å². The lowest BCUT2D eigenvalue weighted by molar-refractivity contribution is -0.136. The minimum atomic E-state index is -0.794. The van der Waals surface area contributed by atoms with Crippen LogP contribution in [-0.4, -0.2) is 71.5 Å². The summed E-state index contributed by atoms with van der Waals surface area (Å²) in [5.74, 6) is -0.444. The first kappa shape index (κ1) is 28.7. The molecule has 2 aromatic carbocycles. The van der Waals surface area contributed by atoms with E-state index in [2.05, 4.69) is 22.4 Å². The zero-order chi connectivity index (χ0) is 29.5. The second-order valence-corrected chi connectivity index (χ2v) is 12.9. The Balaban J connectivity index is 1.38. The van der Waals surface area contributed by atoms with Crippen LogP contribution in [0.4, 0.5) is 4.79 Å². The van der Waals surface area contributed by atoms with Gasteiger partial charge in [-0.15, -0.1) is 0 Å². The van der Waals surface area contributed by atoms with Crippen LogP contribution in [-0.2, 0) is 19.7 Å². The van der Waals surface area contributed by atoms with E-state index >= 15 is 0 Å². The summed E-state index contributed by atoms with van der Waals surface area (Å²) in [5.41, 5.74) is 3.49. The summed E-state index contributed by atoms with van der Waals surface area (Å²) in [6.07, 6.45) is 3.62. The number of aromatic nitrogens is 1. The van der Waals surface area contributed by atoms with E-state index in [4.69, 9.17) is 4.74 Å². The number of fused-ring (bicyclic) bond motifs is 3. The third-order valence-corrected chi connectivity index (χ3v) is 8.82. The summed E-state index contributed by atoms with van der Waals surface area (Å²) >= 11 is 0. The maximum Gasteiger partial charge on any atom is 0.408 e. The molecular formula is C33H42N4O4. The lowest BCUT2D eigenvalue weighted by Gasteiger charge is -2.42. The number of hydrogen-bond donors (Lipinski definition) is 2. The van der Waals surface area contributed by atoms with Crippen molar-refractivity contribution in [2.24, 2.45) is 0 Å². The Labute approximate surface area is 242 Å². The molecule has 8 heteroatoms. The van der Waals surface area contributed by atoms with Gasteiger partial charge in [-0.25, -0.2) is 4.79 Å². The largest absolute Gasteiger partial charge is 0.444 e. The van der Waals surface area contributed by atoms with E-state index in [9.17, 15) is 14.4 Å². The number of likely N-dealkylation sites (tertiary alicyclic amines) is 1. The van der Waals surface area contributed by atoms with E-state index in [0.717, 1.165) is 41.3 Å². The van der Waals surface area contributed by atoms with Crippen LogP contribution in [0.1, 0.15) is 75.5 Å². The molecule has 2 N–H and O–H groups in total. The first-order valence-electron chi connectivity index (χ1n) is 14.5. The Morgan fingerprint density at radius 2 is 1.71 bits per heavy atom. The van der Waals surface area contributed by atoms with Crippen LogP contribution >= 0.6 is 0 Å². The Bertz CT molecular complexity index is 1440. The normalized spacial score (nSPS) is 19.5. The van der Waals surface area contributed by atoms with E-state index in [0.29, 0.717) is 13.1 Å². The number of piperidine rings is 1. The average molecular weight is 559 g/mol. The van der Waals surface area contributed by atoms with Gasteiger partial charge in [-0.3, -0.25) is 9.59 Å². The number of benzene rings is 2. The molecule has 1 aromatic heterocycles. The maximum atomic E-state index is 14.2. The second kappa shape index (κ2) is 10.9. The van der Waals surface area contributed by atoms with E-state index < -0.39 is 17.7 Å². The molecular weight excluding hydrogens is 516 g/mol. The van der Waals surface area contributed by atoms with Gasteiger partial charge in [0, 0.05) is 55.6 Å². The second-order valence-electron chi connectivity index (χ2n) is 12.9. The molecule has 5 rings (SSSR count). The molecule has 218 valence electrons. The van der Waals surface area contributed by atoms with E-state index in [1.807, 2.05) is 89.3 Å². The van der Waals surface area contributed by atoms with Crippen LogP contribution in [0.25, 0.3) is 10.9 Å². The number of H-pyrrole nitrogens is 1. The first-order chi connectivity index (χ1) is 19.4. The highest BCUT2D eigenvalue weighted by Crippen LogP contribution is 2.52. The van der Waals surface area contributed by atoms with Crippen LogP contribution in [0, 0.1) is 0 Å². The average Bonchev–Trinajstić information content (AvgIpc) is 3.50. The first-order valence-corrected chi connectivity index (χ1v) is 14.5. The fourth-order valence-corrected chi connectivity index (χ4v) is 6.74. The Kier molecular flexibility index (Phi) is 7.62. The highest BCUT2D eigenvalue weighted by atomic mass is 16.6. The molecule has 0 saturated carbocycles. The summed E-state index contributed by atoms with van der Waals surface area (Å²) in [4.78, 5) is 47.0. The van der Waals surface area contributed by atoms with Gasteiger partial charge in [0.1, 0.15) is 11.6 Å². The van der Waals surface area contributed by atoms with Crippen LogP contribution in [0.3, 0.4) is 0 Å². The third-order valence-electron chi connectivity index (χ3n) is 8.82. The number of carbonyl (C=O) groups is 3. The number of nitrogens with one attached hydrogen (secondary N) is 2. The molecule has 0 bridgehead atoms. The number of carbonyl (C=O) groups excluding carboxylic acids is 3. The van der Waals surface area contributed by atoms with Crippen molar-refractivity contribution in [1.29, 1.82) is 0 Å². The van der Waals surface area contributed by atoms with E-state index in [1.165, 1.54) is 5.56 Å². The summed E-state index contributed by atoms with van der Waals surface area (Å²) in [6, 6.07) is 15.5. The molecule has 2 heterocycles. The highest BCUT2D eigenvalue weighted by Gasteiger charge is 2.49. The summed E-state index contributed by atoms with van der Waals surface area (Å²) in [6.45, 7) is 8.52. The number of likely N-dealkylation sites (N-methyl/N-ethyl adjacent to an activating group) is 1. The molecule has 1 aliphatic carbocycles. The fraction of sp³-hybridized carbons (Fsp3) is 0.485. The van der Waals surface area contributed by atoms with Crippen molar-refractivity contribution in [3.63, 3.8) is 0 Å². The highest BCUT2D eigenvalue weighted by molar-refractivity contribution is 5.90. The van der Waals surface area contributed by atoms with Gasteiger partial charge in [-0.05, 0) is 62.8 Å². The van der Waals surface area contributed by atoms with Gasteiger partial charge < -0.3 is 24.8 Å². The number of nitrogens with zero attached hydrogens (tertiary/aromatic N) is 2. The quantitative estimate of drug-likeness (QED) is 0.444. The molecule has 1 unspecified atom stereocenters. The molecule has 3 amide bonds. The minimum absolute atomic E-state index is 0.115. The summed E-state index contributed by atoms with van der Waals surface area (Å²) < 4.78 is 5.56. The van der Waals surface area contributed by atoms with E-state index in [-0.39, 0.29) is 29.1 Å². The number of alkyl carbamates (subject to hydrolysis) is 1. The number of rotatable bonds is 5. The number of aromatic amines is 1. The molecule has 2 aliphatic rings. The molecule has 1 aliphatic heterocycles. The lowest BCUT2D eigenvalue weighted by Crippen LogP contribution is -2.55. The van der Waals surface area contributed by atoms with Crippen molar-refractivity contribution in [3.05, 3.63) is 71.4 Å². The lowest BCUT2D eigenvalue weighted by atomic mass is 9.73. The van der Waals surface area contributed by atoms with Crippen LogP contribution in [0.15, 0.2) is 54.7 Å². The van der Waals surface area contributed by atoms with E-state index in [1.54, 1.807) is 4.90 Å². The Hall–Kier alpha value is -3.81. The van der Waals surface area contributed by atoms with Crippen LogP contribution in [0.5, 0.6) is 0 Å².